The zero-order valence-corrected chi connectivity index (χ0v) is 18.6. The van der Waals surface area contributed by atoms with Crippen LogP contribution in [0.5, 0.6) is 5.75 Å². The summed E-state index contributed by atoms with van der Waals surface area (Å²) in [6.45, 7) is 1.55. The highest BCUT2D eigenvalue weighted by Crippen LogP contribution is 2.34. The predicted molar refractivity (Wildman–Crippen MR) is 110 cm³/mol. The molecule has 35 heavy (non-hydrogen) atoms. The van der Waals surface area contributed by atoms with Crippen LogP contribution in [-0.2, 0) is 29.0 Å². The first-order valence-corrected chi connectivity index (χ1v) is 11.3. The first-order valence-electron chi connectivity index (χ1n) is 11.3. The van der Waals surface area contributed by atoms with Gasteiger partial charge < -0.3 is 19.3 Å². The second-order valence-electron chi connectivity index (χ2n) is 9.18. The Labute approximate surface area is 197 Å². The molecular formula is C22H23F4N5O4. The number of likely N-dealkylation sites (tertiary alicyclic amines) is 2. The lowest BCUT2D eigenvalue weighted by atomic mass is 9.89. The number of rotatable bonds is 4. The minimum absolute atomic E-state index is 0.0632. The number of halogens is 4. The quantitative estimate of drug-likeness (QED) is 0.652. The van der Waals surface area contributed by atoms with Gasteiger partial charge in [-0.15, -0.1) is 13.2 Å². The third kappa shape index (κ3) is 5.03. The van der Waals surface area contributed by atoms with Gasteiger partial charge in [-0.2, -0.15) is 15.4 Å². The number of hydrogen-bond acceptors (Lipinski definition) is 6. The third-order valence-electron chi connectivity index (χ3n) is 6.89. The van der Waals surface area contributed by atoms with E-state index in [1.165, 1.54) is 4.90 Å². The molecule has 13 heteroatoms. The van der Waals surface area contributed by atoms with Gasteiger partial charge in [0, 0.05) is 62.0 Å². The van der Waals surface area contributed by atoms with E-state index in [-0.39, 0.29) is 29.2 Å². The number of nitrogens with one attached hydrogen (secondary N) is 1. The Balaban J connectivity index is 1.10. The van der Waals surface area contributed by atoms with Crippen LogP contribution in [0.15, 0.2) is 18.2 Å². The number of carbonyl (C=O) groups excluding carboxylic acids is 2. The van der Waals surface area contributed by atoms with Gasteiger partial charge >= 0.3 is 12.5 Å². The first kappa shape index (κ1) is 23.4. The summed E-state index contributed by atoms with van der Waals surface area (Å²) >= 11 is 0. The third-order valence-corrected chi connectivity index (χ3v) is 6.89. The largest absolute Gasteiger partial charge is 0.573 e. The van der Waals surface area contributed by atoms with Gasteiger partial charge in [-0.25, -0.2) is 9.18 Å². The van der Waals surface area contributed by atoms with Gasteiger partial charge in [-0.1, -0.05) is 0 Å². The normalized spacial score (nSPS) is 23.7. The van der Waals surface area contributed by atoms with E-state index in [0.29, 0.717) is 38.7 Å². The van der Waals surface area contributed by atoms with E-state index >= 15 is 0 Å². The lowest BCUT2D eigenvalue weighted by Crippen LogP contribution is -2.40. The van der Waals surface area contributed by atoms with Crippen LogP contribution in [0.25, 0.3) is 0 Å². The Morgan fingerprint density at radius 2 is 1.74 bits per heavy atom. The maximum Gasteiger partial charge on any atom is 0.573 e. The van der Waals surface area contributed by atoms with Gasteiger partial charge in [0.05, 0.1) is 11.4 Å². The number of aromatic nitrogens is 3. The molecule has 0 unspecified atom stereocenters. The van der Waals surface area contributed by atoms with Crippen molar-refractivity contribution in [1.82, 2.24) is 25.2 Å². The van der Waals surface area contributed by atoms with Gasteiger partial charge in [-0.05, 0) is 25.0 Å². The minimum Gasteiger partial charge on any atom is -0.444 e. The molecule has 1 aliphatic carbocycles. The van der Waals surface area contributed by atoms with Gasteiger partial charge in [0.25, 0.3) is 0 Å². The van der Waals surface area contributed by atoms with Crippen LogP contribution in [-0.4, -0.2) is 69.8 Å². The highest BCUT2D eigenvalue weighted by Gasteiger charge is 2.45. The molecule has 2 fully saturated rings. The van der Waals surface area contributed by atoms with Crippen molar-refractivity contribution in [1.29, 1.82) is 0 Å². The van der Waals surface area contributed by atoms with Gasteiger partial charge in [0.2, 0.25) is 5.91 Å². The first-order chi connectivity index (χ1) is 16.7. The van der Waals surface area contributed by atoms with Crippen molar-refractivity contribution in [3.8, 4) is 5.75 Å². The van der Waals surface area contributed by atoms with Crippen molar-refractivity contribution in [2.75, 3.05) is 26.2 Å². The molecule has 0 bridgehead atoms. The van der Waals surface area contributed by atoms with Gasteiger partial charge in [0.15, 0.2) is 0 Å². The summed E-state index contributed by atoms with van der Waals surface area (Å²) in [6.07, 6.45) is -3.51. The Bertz CT molecular complexity index is 1110. The van der Waals surface area contributed by atoms with Crippen LogP contribution in [0, 0.1) is 23.6 Å². The molecule has 0 radical (unpaired) electrons. The number of ether oxygens (including phenoxy) is 2. The van der Waals surface area contributed by atoms with E-state index in [0.717, 1.165) is 36.4 Å². The van der Waals surface area contributed by atoms with Crippen LogP contribution in [0.4, 0.5) is 22.4 Å². The van der Waals surface area contributed by atoms with Gasteiger partial charge in [-0.3, -0.25) is 4.79 Å². The fraction of sp³-hybridized carbons (Fsp3) is 0.545. The zero-order chi connectivity index (χ0) is 24.7. The Hall–Kier alpha value is -3.38. The van der Waals surface area contributed by atoms with E-state index < -0.39 is 30.6 Å². The maximum atomic E-state index is 14.1. The number of hydrogen-bond donors (Lipinski definition) is 1. The summed E-state index contributed by atoms with van der Waals surface area (Å²) in [7, 11) is 0. The van der Waals surface area contributed by atoms with E-state index in [1.54, 1.807) is 0 Å². The van der Waals surface area contributed by atoms with Crippen molar-refractivity contribution in [3.05, 3.63) is 41.0 Å². The Kier molecular flexibility index (Phi) is 6.01. The molecule has 5 rings (SSSR count). The minimum atomic E-state index is -4.93. The van der Waals surface area contributed by atoms with E-state index in [2.05, 4.69) is 20.1 Å². The molecule has 1 N–H and O–H groups in total. The standard InChI is InChI=1S/C22H23F4N5O4/c23-17-6-16(35-22(24,25)26)3-1-13(17)11-34-21(33)31-9-14-7-30(8-15(14)10-31)20(32)12-2-4-18-19(5-12)28-29-27-18/h1,3,6,12,14-15H,2,4-5,7-11H2,(H,27,28,29)/t12-,14+,15+/m1/s1. The second kappa shape index (κ2) is 9.00. The number of fused-ring (bicyclic) bond motifs is 2. The molecule has 2 aromatic rings. The SMILES string of the molecule is O=C(OCc1ccc(OC(F)(F)F)cc1F)N1C[C@@H]2CN(C(=O)[C@@H]3CCc4n[nH]nc4C3)C[C@H]2C1. The number of aromatic amines is 1. The monoisotopic (exact) mass is 497 g/mol. The van der Waals surface area contributed by atoms with Crippen LogP contribution < -0.4 is 4.74 Å². The van der Waals surface area contributed by atoms with E-state index in [4.69, 9.17) is 4.74 Å². The Morgan fingerprint density at radius 1 is 1.06 bits per heavy atom. The van der Waals surface area contributed by atoms with E-state index in [1.807, 2.05) is 4.90 Å². The van der Waals surface area contributed by atoms with Crippen LogP contribution in [0.2, 0.25) is 0 Å². The summed E-state index contributed by atoms with van der Waals surface area (Å²) in [5.74, 6) is -1.40. The molecule has 3 aliphatic rings. The number of benzene rings is 1. The molecule has 2 aliphatic heterocycles. The number of aryl methyl sites for hydroxylation is 1. The van der Waals surface area contributed by atoms with E-state index in [9.17, 15) is 27.2 Å². The van der Waals surface area contributed by atoms with Crippen molar-refractivity contribution in [2.45, 2.75) is 32.2 Å². The number of alkyl halides is 3. The molecule has 0 spiro atoms. The fourth-order valence-electron chi connectivity index (χ4n) is 5.15. The lowest BCUT2D eigenvalue weighted by Gasteiger charge is -2.27. The second-order valence-corrected chi connectivity index (χ2v) is 9.18. The molecule has 9 nitrogen and oxygen atoms in total. The Morgan fingerprint density at radius 3 is 2.43 bits per heavy atom. The molecule has 1 aromatic carbocycles. The number of carbonyl (C=O) groups is 2. The smallest absolute Gasteiger partial charge is 0.444 e. The number of nitrogens with zero attached hydrogens (tertiary/aromatic N) is 4. The molecule has 2 amide bonds. The topological polar surface area (TPSA) is 101 Å². The van der Waals surface area contributed by atoms with Crippen molar-refractivity contribution < 1.29 is 36.6 Å². The van der Waals surface area contributed by atoms with Crippen molar-refractivity contribution in [2.24, 2.45) is 17.8 Å². The lowest BCUT2D eigenvalue weighted by molar-refractivity contribution is -0.274. The molecular weight excluding hydrogens is 474 g/mol. The molecule has 0 saturated carbocycles. The highest BCUT2D eigenvalue weighted by molar-refractivity contribution is 5.80. The molecule has 1 aromatic heterocycles. The number of H-pyrrole nitrogens is 1. The van der Waals surface area contributed by atoms with Crippen molar-refractivity contribution >= 4 is 12.0 Å². The maximum absolute atomic E-state index is 14.1. The zero-order valence-electron chi connectivity index (χ0n) is 18.6. The highest BCUT2D eigenvalue weighted by atomic mass is 19.4. The predicted octanol–water partition coefficient (Wildman–Crippen LogP) is 2.67. The average molecular weight is 497 g/mol. The summed E-state index contributed by atoms with van der Waals surface area (Å²) in [5.41, 5.74) is 1.71. The number of amides is 2. The molecule has 3 atom stereocenters. The summed E-state index contributed by atoms with van der Waals surface area (Å²) < 4.78 is 59.7. The van der Waals surface area contributed by atoms with Gasteiger partial charge in [0.1, 0.15) is 18.2 Å². The van der Waals surface area contributed by atoms with Crippen molar-refractivity contribution in [3.63, 3.8) is 0 Å². The summed E-state index contributed by atoms with van der Waals surface area (Å²) in [4.78, 5) is 28.9. The summed E-state index contributed by atoms with van der Waals surface area (Å²) in [5, 5.41) is 10.8. The molecule has 3 heterocycles. The molecule has 2 saturated heterocycles. The average Bonchev–Trinajstić information content (AvgIpc) is 3.51. The summed E-state index contributed by atoms with van der Waals surface area (Å²) in [6, 6.07) is 2.64. The van der Waals surface area contributed by atoms with Crippen LogP contribution >= 0.6 is 0 Å². The van der Waals surface area contributed by atoms with Crippen LogP contribution in [0.1, 0.15) is 23.4 Å². The molecule has 188 valence electrons. The fourth-order valence-corrected chi connectivity index (χ4v) is 5.15. The van der Waals surface area contributed by atoms with Crippen LogP contribution in [0.3, 0.4) is 0 Å².